The number of thioether (sulfide) groups is 1. The first kappa shape index (κ1) is 10.5. The average molecular weight is 201 g/mol. The van der Waals surface area contributed by atoms with Gasteiger partial charge in [0.05, 0.1) is 6.61 Å². The van der Waals surface area contributed by atoms with E-state index < -0.39 is 0 Å². The molecule has 0 aromatic carbocycles. The minimum absolute atomic E-state index is 0.186. The van der Waals surface area contributed by atoms with Crippen LogP contribution in [0.15, 0.2) is 11.5 Å². The van der Waals surface area contributed by atoms with Gasteiger partial charge < -0.3 is 9.67 Å². The predicted octanol–water partition coefficient (Wildman–Crippen LogP) is 1.16. The number of aryl methyl sites for hydroxylation is 1. The van der Waals surface area contributed by atoms with Crippen LogP contribution in [0.25, 0.3) is 0 Å². The molecule has 0 bridgehead atoms. The molecule has 0 aliphatic rings. The first-order chi connectivity index (χ1) is 6.38. The van der Waals surface area contributed by atoms with E-state index in [-0.39, 0.29) is 6.61 Å². The van der Waals surface area contributed by atoms with Crippen molar-refractivity contribution in [3.63, 3.8) is 0 Å². The quantitative estimate of drug-likeness (QED) is 0.702. The van der Waals surface area contributed by atoms with Crippen LogP contribution >= 0.6 is 11.8 Å². The largest absolute Gasteiger partial charge is 0.396 e. The Morgan fingerprint density at radius 1 is 1.62 bits per heavy atom. The minimum atomic E-state index is 0.186. The number of aliphatic hydroxyl groups is 1. The molecule has 0 amide bonds. The van der Waals surface area contributed by atoms with Crippen LogP contribution in [-0.4, -0.2) is 32.2 Å². The lowest BCUT2D eigenvalue weighted by Crippen LogP contribution is -1.99. The summed E-state index contributed by atoms with van der Waals surface area (Å²) >= 11 is 1.54. The van der Waals surface area contributed by atoms with Gasteiger partial charge in [-0.15, -0.1) is 10.2 Å². The van der Waals surface area contributed by atoms with E-state index in [1.807, 2.05) is 4.57 Å². The lowest BCUT2D eigenvalue weighted by molar-refractivity contribution is 0.322. The summed E-state index contributed by atoms with van der Waals surface area (Å²) in [7, 11) is 0. The Kier molecular flexibility index (Phi) is 4.85. The lowest BCUT2D eigenvalue weighted by Gasteiger charge is -2.03. The number of aliphatic hydroxyl groups excluding tert-OH is 1. The van der Waals surface area contributed by atoms with Crippen LogP contribution in [0.3, 0.4) is 0 Å². The predicted molar refractivity (Wildman–Crippen MR) is 52.7 cm³/mol. The van der Waals surface area contributed by atoms with Crippen LogP contribution in [0.5, 0.6) is 0 Å². The molecule has 0 saturated heterocycles. The van der Waals surface area contributed by atoms with Crippen molar-refractivity contribution in [3.05, 3.63) is 6.33 Å². The SMILES string of the molecule is CCCCn1cnnc1SCCO. The van der Waals surface area contributed by atoms with E-state index in [1.54, 1.807) is 18.1 Å². The van der Waals surface area contributed by atoms with Gasteiger partial charge in [-0.25, -0.2) is 0 Å². The maximum Gasteiger partial charge on any atom is 0.191 e. The molecule has 74 valence electrons. The standard InChI is InChI=1S/C8H15N3OS/c1-2-3-4-11-7-9-10-8(11)13-6-5-12/h7,12H,2-6H2,1H3. The summed E-state index contributed by atoms with van der Waals surface area (Å²) in [6.45, 7) is 3.31. The molecule has 0 saturated carbocycles. The van der Waals surface area contributed by atoms with Gasteiger partial charge in [0.15, 0.2) is 5.16 Å². The zero-order chi connectivity index (χ0) is 9.52. The second kappa shape index (κ2) is 5.99. The van der Waals surface area contributed by atoms with Gasteiger partial charge in [0.1, 0.15) is 6.33 Å². The highest BCUT2D eigenvalue weighted by Gasteiger charge is 2.02. The molecule has 0 aliphatic carbocycles. The molecule has 0 atom stereocenters. The Bertz CT molecular complexity index is 217. The Hall–Kier alpha value is -0.550. The van der Waals surface area contributed by atoms with Gasteiger partial charge in [-0.2, -0.15) is 0 Å². The molecule has 0 unspecified atom stereocenters. The summed E-state index contributed by atoms with van der Waals surface area (Å²) in [6, 6.07) is 0. The monoisotopic (exact) mass is 201 g/mol. The second-order valence-corrected chi connectivity index (χ2v) is 3.79. The van der Waals surface area contributed by atoms with Gasteiger partial charge in [0.25, 0.3) is 0 Å². The molecule has 13 heavy (non-hydrogen) atoms. The molecule has 0 aliphatic heterocycles. The third kappa shape index (κ3) is 3.36. The van der Waals surface area contributed by atoms with E-state index in [1.165, 1.54) is 6.42 Å². The molecule has 1 N–H and O–H groups in total. The van der Waals surface area contributed by atoms with Crippen LogP contribution < -0.4 is 0 Å². The lowest BCUT2D eigenvalue weighted by atomic mass is 10.3. The van der Waals surface area contributed by atoms with Gasteiger partial charge in [-0.05, 0) is 6.42 Å². The van der Waals surface area contributed by atoms with E-state index in [9.17, 15) is 0 Å². The first-order valence-corrected chi connectivity index (χ1v) is 5.48. The Labute approximate surface area is 82.4 Å². The molecule has 5 heteroatoms. The van der Waals surface area contributed by atoms with E-state index in [4.69, 9.17) is 5.11 Å². The van der Waals surface area contributed by atoms with Crippen molar-refractivity contribution in [3.8, 4) is 0 Å². The molecule has 0 radical (unpaired) electrons. The number of hydrogen-bond acceptors (Lipinski definition) is 4. The molecule has 1 heterocycles. The van der Waals surface area contributed by atoms with Crippen molar-refractivity contribution in [1.82, 2.24) is 14.8 Å². The van der Waals surface area contributed by atoms with Crippen LogP contribution in [0.1, 0.15) is 19.8 Å². The Morgan fingerprint density at radius 2 is 2.46 bits per heavy atom. The van der Waals surface area contributed by atoms with Crippen LogP contribution in [0.2, 0.25) is 0 Å². The third-order valence-electron chi connectivity index (χ3n) is 1.66. The van der Waals surface area contributed by atoms with E-state index in [0.717, 1.165) is 18.1 Å². The van der Waals surface area contributed by atoms with Gasteiger partial charge in [0.2, 0.25) is 0 Å². The molecule has 4 nitrogen and oxygen atoms in total. The number of rotatable bonds is 6. The van der Waals surface area contributed by atoms with E-state index in [2.05, 4.69) is 17.1 Å². The van der Waals surface area contributed by atoms with Crippen molar-refractivity contribution in [2.75, 3.05) is 12.4 Å². The molecule has 0 spiro atoms. The van der Waals surface area contributed by atoms with E-state index >= 15 is 0 Å². The topological polar surface area (TPSA) is 50.9 Å². The Morgan fingerprint density at radius 3 is 3.15 bits per heavy atom. The summed E-state index contributed by atoms with van der Waals surface area (Å²) in [5.41, 5.74) is 0. The molecule has 1 aromatic rings. The number of aromatic nitrogens is 3. The normalized spacial score (nSPS) is 10.6. The zero-order valence-corrected chi connectivity index (χ0v) is 8.63. The van der Waals surface area contributed by atoms with Crippen molar-refractivity contribution in [1.29, 1.82) is 0 Å². The maximum atomic E-state index is 8.65. The molecular formula is C8H15N3OS. The number of unbranched alkanes of at least 4 members (excludes halogenated alkanes) is 1. The molecular weight excluding hydrogens is 186 g/mol. The molecule has 1 aromatic heterocycles. The van der Waals surface area contributed by atoms with E-state index in [0.29, 0.717) is 5.75 Å². The van der Waals surface area contributed by atoms with Crippen LogP contribution in [0, 0.1) is 0 Å². The fraction of sp³-hybridized carbons (Fsp3) is 0.750. The average Bonchev–Trinajstić information content (AvgIpc) is 2.59. The van der Waals surface area contributed by atoms with Crippen molar-refractivity contribution >= 4 is 11.8 Å². The Balaban J connectivity index is 2.45. The summed E-state index contributed by atoms with van der Waals surface area (Å²) in [6.07, 6.45) is 4.06. The van der Waals surface area contributed by atoms with Crippen LogP contribution in [-0.2, 0) is 6.54 Å². The van der Waals surface area contributed by atoms with Crippen molar-refractivity contribution < 1.29 is 5.11 Å². The van der Waals surface area contributed by atoms with Crippen molar-refractivity contribution in [2.45, 2.75) is 31.5 Å². The maximum absolute atomic E-state index is 8.65. The van der Waals surface area contributed by atoms with Gasteiger partial charge in [-0.1, -0.05) is 25.1 Å². The summed E-state index contributed by atoms with van der Waals surface area (Å²) < 4.78 is 2.03. The summed E-state index contributed by atoms with van der Waals surface area (Å²) in [5.74, 6) is 0.685. The third-order valence-corrected chi connectivity index (χ3v) is 2.62. The van der Waals surface area contributed by atoms with Gasteiger partial charge in [-0.3, -0.25) is 0 Å². The number of nitrogens with zero attached hydrogens (tertiary/aromatic N) is 3. The fourth-order valence-electron chi connectivity index (χ4n) is 0.975. The second-order valence-electron chi connectivity index (χ2n) is 2.73. The molecule has 0 fully saturated rings. The summed E-state index contributed by atoms with van der Waals surface area (Å²) in [4.78, 5) is 0. The fourth-order valence-corrected chi connectivity index (χ4v) is 1.66. The minimum Gasteiger partial charge on any atom is -0.396 e. The van der Waals surface area contributed by atoms with Gasteiger partial charge in [0, 0.05) is 12.3 Å². The molecule has 1 rings (SSSR count). The van der Waals surface area contributed by atoms with Gasteiger partial charge >= 0.3 is 0 Å². The highest BCUT2D eigenvalue weighted by atomic mass is 32.2. The summed E-state index contributed by atoms with van der Waals surface area (Å²) in [5, 5.41) is 17.4. The highest BCUT2D eigenvalue weighted by Crippen LogP contribution is 2.14. The number of hydrogen-bond donors (Lipinski definition) is 1. The zero-order valence-electron chi connectivity index (χ0n) is 7.81. The van der Waals surface area contributed by atoms with Crippen LogP contribution in [0.4, 0.5) is 0 Å². The highest BCUT2D eigenvalue weighted by molar-refractivity contribution is 7.99. The smallest absolute Gasteiger partial charge is 0.191 e. The first-order valence-electron chi connectivity index (χ1n) is 4.50. The van der Waals surface area contributed by atoms with Crippen molar-refractivity contribution in [2.24, 2.45) is 0 Å².